The average molecular weight is 421 g/mol. The van der Waals surface area contributed by atoms with E-state index >= 15 is 0 Å². The number of benzene rings is 2. The van der Waals surface area contributed by atoms with Gasteiger partial charge in [0.05, 0.1) is 24.7 Å². The molecule has 2 amide bonds. The average Bonchev–Trinajstić information content (AvgIpc) is 3.46. The van der Waals surface area contributed by atoms with E-state index in [1.54, 1.807) is 23.5 Å². The second kappa shape index (κ2) is 9.67. The monoisotopic (exact) mass is 420 g/mol. The maximum Gasteiger partial charge on any atom is 0.251 e. The number of hydrazine groups is 1. The van der Waals surface area contributed by atoms with Gasteiger partial charge in [0, 0.05) is 16.9 Å². The molecule has 0 spiro atoms. The molecule has 1 aromatic heterocycles. The molecule has 1 aliphatic rings. The number of thiophene rings is 1. The van der Waals surface area contributed by atoms with E-state index in [2.05, 4.69) is 27.6 Å². The summed E-state index contributed by atoms with van der Waals surface area (Å²) >= 11 is 1.69. The minimum atomic E-state index is -0.415. The summed E-state index contributed by atoms with van der Waals surface area (Å²) < 4.78 is 0. The lowest BCUT2D eigenvalue weighted by molar-refractivity contribution is -0.122. The van der Waals surface area contributed by atoms with Crippen molar-refractivity contribution in [2.45, 2.75) is 31.1 Å². The molecule has 3 atom stereocenters. The number of rotatable bonds is 7. The molecular weight excluding hydrogens is 396 g/mol. The number of carbonyl (C=O) groups is 2. The van der Waals surface area contributed by atoms with Crippen molar-refractivity contribution in [2.24, 2.45) is 0 Å². The van der Waals surface area contributed by atoms with E-state index in [1.165, 1.54) is 4.88 Å². The highest BCUT2D eigenvalue weighted by molar-refractivity contribution is 7.10. The molecule has 7 heteroatoms. The van der Waals surface area contributed by atoms with E-state index in [-0.39, 0.29) is 30.4 Å². The molecule has 0 aliphatic carbocycles. The first-order chi connectivity index (χ1) is 14.7. The molecule has 2 aromatic carbocycles. The van der Waals surface area contributed by atoms with Crippen molar-refractivity contribution < 1.29 is 9.59 Å². The van der Waals surface area contributed by atoms with Crippen LogP contribution in [0.15, 0.2) is 78.2 Å². The first-order valence-corrected chi connectivity index (χ1v) is 10.8. The van der Waals surface area contributed by atoms with E-state index in [1.807, 2.05) is 60.0 Å². The van der Waals surface area contributed by atoms with Crippen molar-refractivity contribution in [3.8, 4) is 0 Å². The predicted molar refractivity (Wildman–Crippen MR) is 118 cm³/mol. The molecule has 0 saturated carbocycles. The second-order valence-corrected chi connectivity index (χ2v) is 8.20. The molecule has 3 aromatic rings. The summed E-state index contributed by atoms with van der Waals surface area (Å²) in [5.74, 6) is -0.320. The Kier molecular flexibility index (Phi) is 6.53. The van der Waals surface area contributed by atoms with Crippen LogP contribution in [0.3, 0.4) is 0 Å². The highest BCUT2D eigenvalue weighted by Gasteiger charge is 2.28. The Morgan fingerprint density at radius 3 is 2.40 bits per heavy atom. The molecule has 4 rings (SSSR count). The van der Waals surface area contributed by atoms with Crippen LogP contribution in [-0.2, 0) is 4.79 Å². The Balaban J connectivity index is 1.39. The lowest BCUT2D eigenvalue weighted by Gasteiger charge is -2.20. The highest BCUT2D eigenvalue weighted by Crippen LogP contribution is 2.25. The van der Waals surface area contributed by atoms with Crippen molar-refractivity contribution in [1.82, 2.24) is 21.5 Å². The summed E-state index contributed by atoms with van der Waals surface area (Å²) in [6.45, 7) is 0. The van der Waals surface area contributed by atoms with Gasteiger partial charge >= 0.3 is 0 Å². The topological polar surface area (TPSA) is 82.3 Å². The number of hydrogen-bond acceptors (Lipinski definition) is 5. The van der Waals surface area contributed by atoms with Crippen LogP contribution in [0.2, 0.25) is 0 Å². The summed E-state index contributed by atoms with van der Waals surface area (Å²) in [7, 11) is 0. The van der Waals surface area contributed by atoms with Crippen molar-refractivity contribution in [2.75, 3.05) is 0 Å². The fraction of sp³-hybridized carbons (Fsp3) is 0.217. The Labute approximate surface area is 179 Å². The van der Waals surface area contributed by atoms with Gasteiger partial charge < -0.3 is 10.6 Å². The van der Waals surface area contributed by atoms with E-state index in [4.69, 9.17) is 0 Å². The SMILES string of the molecule is O=C(CC(NC(=O)c1ccccc1)c1ccccc1)NC1CC(c2cccs2)NN1. The van der Waals surface area contributed by atoms with Gasteiger partial charge in [-0.25, -0.2) is 10.9 Å². The van der Waals surface area contributed by atoms with Gasteiger partial charge in [-0.05, 0) is 29.1 Å². The maximum atomic E-state index is 12.8. The van der Waals surface area contributed by atoms with Crippen LogP contribution in [0.25, 0.3) is 0 Å². The van der Waals surface area contributed by atoms with E-state index in [0.717, 1.165) is 12.0 Å². The fourth-order valence-corrected chi connectivity index (χ4v) is 4.32. The van der Waals surface area contributed by atoms with E-state index in [0.29, 0.717) is 5.56 Å². The summed E-state index contributed by atoms with van der Waals surface area (Å²) in [5, 5.41) is 8.07. The number of amides is 2. The number of carbonyl (C=O) groups excluding carboxylic acids is 2. The first kappa shape index (κ1) is 20.3. The van der Waals surface area contributed by atoms with Gasteiger partial charge in [-0.2, -0.15) is 0 Å². The molecule has 1 fully saturated rings. The van der Waals surface area contributed by atoms with Crippen LogP contribution in [-0.4, -0.2) is 18.0 Å². The minimum absolute atomic E-state index is 0.122. The molecule has 0 radical (unpaired) electrons. The zero-order valence-corrected chi connectivity index (χ0v) is 17.2. The summed E-state index contributed by atoms with van der Waals surface area (Å²) in [6, 6.07) is 22.5. The van der Waals surface area contributed by atoms with E-state index in [9.17, 15) is 9.59 Å². The molecule has 2 heterocycles. The number of nitrogens with one attached hydrogen (secondary N) is 4. The van der Waals surface area contributed by atoms with Crippen molar-refractivity contribution in [3.63, 3.8) is 0 Å². The lowest BCUT2D eigenvalue weighted by Crippen LogP contribution is -2.45. The largest absolute Gasteiger partial charge is 0.345 e. The third-order valence-electron chi connectivity index (χ3n) is 5.06. The fourth-order valence-electron chi connectivity index (χ4n) is 3.53. The molecule has 1 aliphatic heterocycles. The lowest BCUT2D eigenvalue weighted by atomic mass is 10.0. The van der Waals surface area contributed by atoms with Gasteiger partial charge in [0.15, 0.2) is 0 Å². The van der Waals surface area contributed by atoms with Crippen LogP contribution in [0, 0.1) is 0 Å². The Hall–Kier alpha value is -3.00. The van der Waals surface area contributed by atoms with Crippen LogP contribution in [0.1, 0.15) is 45.7 Å². The minimum Gasteiger partial charge on any atom is -0.345 e. The van der Waals surface area contributed by atoms with Gasteiger partial charge in [0.25, 0.3) is 5.91 Å². The van der Waals surface area contributed by atoms with E-state index < -0.39 is 6.04 Å². The Morgan fingerprint density at radius 2 is 1.70 bits per heavy atom. The Bertz CT molecular complexity index is 963. The maximum absolute atomic E-state index is 12.8. The van der Waals surface area contributed by atoms with Crippen molar-refractivity contribution >= 4 is 23.2 Å². The highest BCUT2D eigenvalue weighted by atomic mass is 32.1. The molecule has 30 heavy (non-hydrogen) atoms. The van der Waals surface area contributed by atoms with Gasteiger partial charge in [0.2, 0.25) is 5.91 Å². The third-order valence-corrected chi connectivity index (χ3v) is 6.04. The molecule has 1 saturated heterocycles. The quantitative estimate of drug-likeness (QED) is 0.473. The zero-order valence-electron chi connectivity index (χ0n) is 16.4. The summed E-state index contributed by atoms with van der Waals surface area (Å²) in [6.07, 6.45) is 0.758. The van der Waals surface area contributed by atoms with Crippen molar-refractivity contribution in [1.29, 1.82) is 0 Å². The molecule has 154 valence electrons. The van der Waals surface area contributed by atoms with Crippen molar-refractivity contribution in [3.05, 3.63) is 94.2 Å². The van der Waals surface area contributed by atoms with Gasteiger partial charge in [-0.3, -0.25) is 9.59 Å². The summed E-state index contributed by atoms with van der Waals surface area (Å²) in [5.41, 5.74) is 7.84. The molecular formula is C23H24N4O2S. The molecule has 6 nitrogen and oxygen atoms in total. The van der Waals surface area contributed by atoms with Crippen LogP contribution >= 0.6 is 11.3 Å². The van der Waals surface area contributed by atoms with Crippen LogP contribution in [0.4, 0.5) is 0 Å². The number of hydrogen-bond donors (Lipinski definition) is 4. The summed E-state index contributed by atoms with van der Waals surface area (Å²) in [4.78, 5) is 26.7. The second-order valence-electron chi connectivity index (χ2n) is 7.22. The van der Waals surface area contributed by atoms with Gasteiger partial charge in [-0.1, -0.05) is 54.6 Å². The standard InChI is InChI=1S/C23H24N4O2S/c28-22(25-21-14-19(26-27-21)20-12-7-13-30-20)15-18(16-8-3-1-4-9-16)24-23(29)17-10-5-2-6-11-17/h1-13,18-19,21,26-27H,14-15H2,(H,24,29)(H,25,28). The smallest absolute Gasteiger partial charge is 0.251 e. The normalized spacial score (nSPS) is 19.2. The zero-order chi connectivity index (χ0) is 20.8. The van der Waals surface area contributed by atoms with Crippen LogP contribution < -0.4 is 21.5 Å². The van der Waals surface area contributed by atoms with Gasteiger partial charge in [-0.15, -0.1) is 11.3 Å². The molecule has 0 bridgehead atoms. The first-order valence-electron chi connectivity index (χ1n) is 9.94. The Morgan fingerprint density at radius 1 is 0.967 bits per heavy atom. The van der Waals surface area contributed by atoms with Crippen LogP contribution in [0.5, 0.6) is 0 Å². The predicted octanol–water partition coefficient (Wildman–Crippen LogP) is 3.29. The molecule has 3 unspecified atom stereocenters. The van der Waals surface area contributed by atoms with Gasteiger partial charge in [0.1, 0.15) is 0 Å². The molecule has 4 N–H and O–H groups in total. The third kappa shape index (κ3) is 5.13.